The average Bonchev–Trinajstić information content (AvgIpc) is 2.52. The molecule has 2 rings (SSSR count). The maximum absolute atomic E-state index is 13.0. The first-order valence-electron chi connectivity index (χ1n) is 6.66. The standard InChI is InChI=1S/C16H15BrFNO3/c17-15-9-13(18)5-4-12(15)10-22-14-3-1-2-11(8-14)16(21)19-6-7-20/h1-5,8-9,20H,6-7,10H2,(H,19,21). The van der Waals surface area contributed by atoms with Crippen LogP contribution in [-0.4, -0.2) is 24.2 Å². The van der Waals surface area contributed by atoms with Gasteiger partial charge in [0, 0.05) is 22.1 Å². The van der Waals surface area contributed by atoms with Crippen LogP contribution >= 0.6 is 15.9 Å². The molecule has 0 radical (unpaired) electrons. The molecular formula is C16H15BrFNO3. The number of hydrogen-bond acceptors (Lipinski definition) is 3. The molecule has 22 heavy (non-hydrogen) atoms. The molecule has 0 saturated carbocycles. The van der Waals surface area contributed by atoms with Crippen LogP contribution in [0.3, 0.4) is 0 Å². The SMILES string of the molecule is O=C(NCCO)c1cccc(OCc2ccc(F)cc2Br)c1. The fraction of sp³-hybridized carbons (Fsp3) is 0.188. The second-order valence-corrected chi connectivity index (χ2v) is 5.39. The van der Waals surface area contributed by atoms with E-state index in [1.807, 2.05) is 0 Å². The highest BCUT2D eigenvalue weighted by atomic mass is 79.9. The van der Waals surface area contributed by atoms with E-state index in [1.54, 1.807) is 30.3 Å². The molecule has 116 valence electrons. The van der Waals surface area contributed by atoms with Crippen molar-refractivity contribution in [2.24, 2.45) is 0 Å². The van der Waals surface area contributed by atoms with Crippen molar-refractivity contribution in [1.82, 2.24) is 5.32 Å². The second kappa shape index (κ2) is 7.91. The number of halogens is 2. The van der Waals surface area contributed by atoms with Crippen LogP contribution in [0, 0.1) is 5.82 Å². The van der Waals surface area contributed by atoms with Gasteiger partial charge in [0.15, 0.2) is 0 Å². The zero-order valence-electron chi connectivity index (χ0n) is 11.7. The van der Waals surface area contributed by atoms with Crippen molar-refractivity contribution in [2.45, 2.75) is 6.61 Å². The lowest BCUT2D eigenvalue weighted by Gasteiger charge is -2.09. The fourth-order valence-electron chi connectivity index (χ4n) is 1.80. The highest BCUT2D eigenvalue weighted by Gasteiger charge is 2.07. The van der Waals surface area contributed by atoms with Crippen LogP contribution in [0.2, 0.25) is 0 Å². The van der Waals surface area contributed by atoms with Gasteiger partial charge < -0.3 is 15.2 Å². The summed E-state index contributed by atoms with van der Waals surface area (Å²) in [7, 11) is 0. The van der Waals surface area contributed by atoms with Crippen molar-refractivity contribution < 1.29 is 19.0 Å². The summed E-state index contributed by atoms with van der Waals surface area (Å²) < 4.78 is 19.3. The van der Waals surface area contributed by atoms with Gasteiger partial charge in [-0.3, -0.25) is 4.79 Å². The fourth-order valence-corrected chi connectivity index (χ4v) is 2.26. The van der Waals surface area contributed by atoms with E-state index in [9.17, 15) is 9.18 Å². The highest BCUT2D eigenvalue weighted by molar-refractivity contribution is 9.10. The van der Waals surface area contributed by atoms with Crippen molar-refractivity contribution in [3.05, 3.63) is 63.9 Å². The minimum Gasteiger partial charge on any atom is -0.489 e. The van der Waals surface area contributed by atoms with Crippen LogP contribution in [0.5, 0.6) is 5.75 Å². The molecule has 0 aliphatic heterocycles. The van der Waals surface area contributed by atoms with Crippen LogP contribution in [0.25, 0.3) is 0 Å². The molecule has 4 nitrogen and oxygen atoms in total. The normalized spacial score (nSPS) is 10.3. The largest absolute Gasteiger partial charge is 0.489 e. The Kier molecular flexibility index (Phi) is 5.91. The molecule has 0 fully saturated rings. The first kappa shape index (κ1) is 16.5. The number of amides is 1. The van der Waals surface area contributed by atoms with E-state index in [0.717, 1.165) is 5.56 Å². The summed E-state index contributed by atoms with van der Waals surface area (Å²) in [5, 5.41) is 11.3. The summed E-state index contributed by atoms with van der Waals surface area (Å²) in [6.45, 7) is 0.343. The number of ether oxygens (including phenoxy) is 1. The van der Waals surface area contributed by atoms with Gasteiger partial charge in [0.05, 0.1) is 6.61 Å². The molecule has 2 aromatic rings. The van der Waals surface area contributed by atoms with E-state index in [4.69, 9.17) is 9.84 Å². The van der Waals surface area contributed by atoms with E-state index in [0.29, 0.717) is 15.8 Å². The third-order valence-corrected chi connectivity index (χ3v) is 3.64. The lowest BCUT2D eigenvalue weighted by Crippen LogP contribution is -2.26. The number of benzene rings is 2. The molecule has 0 aromatic heterocycles. The number of carbonyl (C=O) groups is 1. The highest BCUT2D eigenvalue weighted by Crippen LogP contribution is 2.21. The summed E-state index contributed by atoms with van der Waals surface area (Å²) in [6, 6.07) is 11.1. The smallest absolute Gasteiger partial charge is 0.251 e. The second-order valence-electron chi connectivity index (χ2n) is 4.53. The maximum Gasteiger partial charge on any atom is 0.251 e. The van der Waals surface area contributed by atoms with Gasteiger partial charge in [-0.15, -0.1) is 0 Å². The number of aliphatic hydroxyl groups is 1. The number of aliphatic hydroxyl groups excluding tert-OH is 1. The van der Waals surface area contributed by atoms with Crippen molar-refractivity contribution in [2.75, 3.05) is 13.2 Å². The van der Waals surface area contributed by atoms with E-state index in [-0.39, 0.29) is 31.5 Å². The van der Waals surface area contributed by atoms with Crippen LogP contribution in [0.4, 0.5) is 4.39 Å². The number of rotatable bonds is 6. The molecule has 0 heterocycles. The van der Waals surface area contributed by atoms with E-state index in [1.165, 1.54) is 12.1 Å². The Balaban J connectivity index is 2.02. The van der Waals surface area contributed by atoms with Gasteiger partial charge in [-0.1, -0.05) is 28.1 Å². The summed E-state index contributed by atoms with van der Waals surface area (Å²) in [6.07, 6.45) is 0. The minimum absolute atomic E-state index is 0.111. The molecular weight excluding hydrogens is 353 g/mol. The summed E-state index contributed by atoms with van der Waals surface area (Å²) >= 11 is 3.28. The molecule has 6 heteroatoms. The summed E-state index contributed by atoms with van der Waals surface area (Å²) in [4.78, 5) is 11.8. The van der Waals surface area contributed by atoms with Crippen molar-refractivity contribution in [3.8, 4) is 5.75 Å². The van der Waals surface area contributed by atoms with Crippen LogP contribution in [0.15, 0.2) is 46.9 Å². The average molecular weight is 368 g/mol. The van der Waals surface area contributed by atoms with E-state index in [2.05, 4.69) is 21.2 Å². The van der Waals surface area contributed by atoms with Crippen LogP contribution in [-0.2, 0) is 6.61 Å². The maximum atomic E-state index is 13.0. The summed E-state index contributed by atoms with van der Waals surface area (Å²) in [5.41, 5.74) is 1.25. The molecule has 0 bridgehead atoms. The van der Waals surface area contributed by atoms with E-state index < -0.39 is 0 Å². The van der Waals surface area contributed by atoms with Gasteiger partial charge >= 0.3 is 0 Å². The van der Waals surface area contributed by atoms with Gasteiger partial charge in [-0.25, -0.2) is 4.39 Å². The first-order valence-corrected chi connectivity index (χ1v) is 7.45. The van der Waals surface area contributed by atoms with Gasteiger partial charge in [0.2, 0.25) is 0 Å². The Morgan fingerprint density at radius 1 is 1.27 bits per heavy atom. The monoisotopic (exact) mass is 367 g/mol. The third kappa shape index (κ3) is 4.54. The number of carbonyl (C=O) groups excluding carboxylic acids is 1. The molecule has 2 N–H and O–H groups in total. The van der Waals surface area contributed by atoms with Gasteiger partial charge in [0.25, 0.3) is 5.91 Å². The Labute approximate surface area is 136 Å². The molecule has 2 aromatic carbocycles. The van der Waals surface area contributed by atoms with Crippen molar-refractivity contribution >= 4 is 21.8 Å². The van der Waals surface area contributed by atoms with E-state index >= 15 is 0 Å². The third-order valence-electron chi connectivity index (χ3n) is 2.90. The topological polar surface area (TPSA) is 58.6 Å². The Bertz CT molecular complexity index is 664. The lowest BCUT2D eigenvalue weighted by molar-refractivity contribution is 0.0944. The Morgan fingerprint density at radius 2 is 2.09 bits per heavy atom. The molecule has 0 aliphatic carbocycles. The number of hydrogen-bond donors (Lipinski definition) is 2. The van der Waals surface area contributed by atoms with Crippen molar-refractivity contribution in [3.63, 3.8) is 0 Å². The predicted octanol–water partition coefficient (Wildman–Crippen LogP) is 2.89. The molecule has 0 aliphatic rings. The zero-order chi connectivity index (χ0) is 15.9. The molecule has 0 atom stereocenters. The predicted molar refractivity (Wildman–Crippen MR) is 84.3 cm³/mol. The van der Waals surface area contributed by atoms with Crippen LogP contribution < -0.4 is 10.1 Å². The molecule has 0 unspecified atom stereocenters. The summed E-state index contributed by atoms with van der Waals surface area (Å²) in [5.74, 6) is -0.0616. The Morgan fingerprint density at radius 3 is 2.82 bits per heavy atom. The van der Waals surface area contributed by atoms with Crippen molar-refractivity contribution in [1.29, 1.82) is 0 Å². The number of nitrogens with one attached hydrogen (secondary N) is 1. The molecule has 0 saturated heterocycles. The van der Waals surface area contributed by atoms with Crippen LogP contribution in [0.1, 0.15) is 15.9 Å². The minimum atomic E-state index is -0.321. The molecule has 0 spiro atoms. The zero-order valence-corrected chi connectivity index (χ0v) is 13.3. The first-order chi connectivity index (χ1) is 10.6. The quantitative estimate of drug-likeness (QED) is 0.825. The lowest BCUT2D eigenvalue weighted by atomic mass is 10.2. The van der Waals surface area contributed by atoms with Gasteiger partial charge in [-0.2, -0.15) is 0 Å². The van der Waals surface area contributed by atoms with Gasteiger partial charge in [0.1, 0.15) is 18.2 Å². The molecule has 1 amide bonds. The van der Waals surface area contributed by atoms with Gasteiger partial charge in [-0.05, 0) is 30.3 Å². The Hall–Kier alpha value is -1.92.